The molecule has 5 heteroatoms. The van der Waals surface area contributed by atoms with Gasteiger partial charge in [0, 0.05) is 17.4 Å². The highest BCUT2D eigenvalue weighted by Crippen LogP contribution is 2.37. The summed E-state index contributed by atoms with van der Waals surface area (Å²) in [5.41, 5.74) is 8.24. The summed E-state index contributed by atoms with van der Waals surface area (Å²) >= 11 is 0. The number of nitrogens with zero attached hydrogens (tertiary/aromatic N) is 1. The van der Waals surface area contributed by atoms with Crippen molar-refractivity contribution in [3.63, 3.8) is 0 Å². The Balaban J connectivity index is 1.83. The smallest absolute Gasteiger partial charge is 0.246 e. The fourth-order valence-electron chi connectivity index (χ4n) is 2.89. The van der Waals surface area contributed by atoms with Gasteiger partial charge in [0.2, 0.25) is 5.91 Å². The van der Waals surface area contributed by atoms with E-state index in [2.05, 4.69) is 17.1 Å². The van der Waals surface area contributed by atoms with Crippen LogP contribution in [0.3, 0.4) is 0 Å². The zero-order valence-electron chi connectivity index (χ0n) is 14.0. The Morgan fingerprint density at radius 1 is 1.33 bits per heavy atom. The zero-order chi connectivity index (χ0) is 17.1. The van der Waals surface area contributed by atoms with Crippen LogP contribution in [0.4, 0.5) is 17.1 Å². The molecule has 2 unspecified atom stereocenters. The summed E-state index contributed by atoms with van der Waals surface area (Å²) in [4.78, 5) is 14.8. The number of benzene rings is 2. The predicted octanol–water partition coefficient (Wildman–Crippen LogP) is 3.27. The van der Waals surface area contributed by atoms with Gasteiger partial charge in [-0.15, -0.1) is 0 Å². The van der Waals surface area contributed by atoms with E-state index in [4.69, 9.17) is 10.5 Å². The van der Waals surface area contributed by atoms with Crippen LogP contribution in [0.25, 0.3) is 0 Å². The van der Waals surface area contributed by atoms with Crippen LogP contribution in [-0.4, -0.2) is 24.6 Å². The molecule has 0 bridgehead atoms. The number of hydrogen-bond donors (Lipinski definition) is 2. The van der Waals surface area contributed by atoms with Crippen LogP contribution in [0.15, 0.2) is 48.5 Å². The third-order valence-corrected chi connectivity index (χ3v) is 4.33. The molecule has 0 saturated carbocycles. The number of nitrogens with two attached hydrogens (primary N) is 1. The first kappa shape index (κ1) is 16.2. The van der Waals surface area contributed by atoms with Crippen LogP contribution < -0.4 is 20.7 Å². The Kier molecular flexibility index (Phi) is 4.60. The first-order valence-electron chi connectivity index (χ1n) is 8.27. The minimum Gasteiger partial charge on any atom is -0.486 e. The van der Waals surface area contributed by atoms with E-state index in [1.807, 2.05) is 55.5 Å². The normalized spacial score (nSPS) is 17.6. The molecule has 5 nitrogen and oxygen atoms in total. The Labute approximate surface area is 142 Å². The standard InChI is InChI=1S/C19H23N3O2/c1-3-16-12-22(17-10-9-14(20)11-18(17)24-16)13(2)19(23)21-15-7-5-4-6-8-15/h4-11,13,16H,3,12,20H2,1-2H3,(H,21,23). The van der Waals surface area contributed by atoms with E-state index < -0.39 is 0 Å². The first-order chi connectivity index (χ1) is 11.6. The Bertz CT molecular complexity index is 718. The van der Waals surface area contributed by atoms with Gasteiger partial charge in [-0.2, -0.15) is 0 Å². The monoisotopic (exact) mass is 325 g/mol. The van der Waals surface area contributed by atoms with Crippen molar-refractivity contribution >= 4 is 23.0 Å². The van der Waals surface area contributed by atoms with Crippen molar-refractivity contribution in [2.45, 2.75) is 32.4 Å². The summed E-state index contributed by atoms with van der Waals surface area (Å²) in [6, 6.07) is 14.8. The molecule has 2 aromatic rings. The van der Waals surface area contributed by atoms with Crippen LogP contribution >= 0.6 is 0 Å². The van der Waals surface area contributed by atoms with Gasteiger partial charge >= 0.3 is 0 Å². The molecule has 0 radical (unpaired) electrons. The Morgan fingerprint density at radius 3 is 2.79 bits per heavy atom. The minimum atomic E-state index is -0.314. The number of carbonyl (C=O) groups is 1. The van der Waals surface area contributed by atoms with Gasteiger partial charge in [-0.25, -0.2) is 0 Å². The molecule has 1 aliphatic heterocycles. The summed E-state index contributed by atoms with van der Waals surface area (Å²) in [5.74, 6) is 0.702. The lowest BCUT2D eigenvalue weighted by Crippen LogP contribution is -2.49. The molecule has 126 valence electrons. The van der Waals surface area contributed by atoms with Gasteiger partial charge < -0.3 is 20.7 Å². The van der Waals surface area contributed by atoms with Crippen molar-refractivity contribution < 1.29 is 9.53 Å². The van der Waals surface area contributed by atoms with Gasteiger partial charge in [-0.1, -0.05) is 25.1 Å². The molecule has 1 amide bonds. The summed E-state index contributed by atoms with van der Waals surface area (Å²) < 4.78 is 5.99. The lowest BCUT2D eigenvalue weighted by atomic mass is 10.1. The van der Waals surface area contributed by atoms with Crippen LogP contribution in [0.1, 0.15) is 20.3 Å². The molecule has 0 aliphatic carbocycles. The second-order valence-electron chi connectivity index (χ2n) is 6.06. The largest absolute Gasteiger partial charge is 0.486 e. The number of nitrogens with one attached hydrogen (secondary N) is 1. The number of nitrogen functional groups attached to an aromatic ring is 1. The van der Waals surface area contributed by atoms with Crippen LogP contribution in [-0.2, 0) is 4.79 Å². The van der Waals surface area contributed by atoms with Gasteiger partial charge in [0.1, 0.15) is 17.9 Å². The molecule has 0 spiro atoms. The van der Waals surface area contributed by atoms with Crippen LogP contribution in [0.2, 0.25) is 0 Å². The molecule has 2 atom stereocenters. The van der Waals surface area contributed by atoms with Gasteiger partial charge in [0.25, 0.3) is 0 Å². The molecule has 1 aliphatic rings. The highest BCUT2D eigenvalue weighted by molar-refractivity contribution is 5.97. The van der Waals surface area contributed by atoms with Gasteiger partial charge in [0.05, 0.1) is 12.2 Å². The summed E-state index contributed by atoms with van der Waals surface area (Å²) in [6.45, 7) is 4.67. The van der Waals surface area contributed by atoms with E-state index in [-0.39, 0.29) is 18.1 Å². The molecule has 1 heterocycles. The van der Waals surface area contributed by atoms with Crippen molar-refractivity contribution in [1.82, 2.24) is 0 Å². The maximum atomic E-state index is 12.7. The highest BCUT2D eigenvalue weighted by atomic mass is 16.5. The Morgan fingerprint density at radius 2 is 2.08 bits per heavy atom. The molecule has 2 aromatic carbocycles. The predicted molar refractivity (Wildman–Crippen MR) is 97.4 cm³/mol. The van der Waals surface area contributed by atoms with Crippen molar-refractivity contribution in [1.29, 1.82) is 0 Å². The topological polar surface area (TPSA) is 67.6 Å². The number of ether oxygens (including phenoxy) is 1. The minimum absolute atomic E-state index is 0.0410. The number of hydrogen-bond acceptors (Lipinski definition) is 4. The van der Waals surface area contributed by atoms with Crippen molar-refractivity contribution in [3.8, 4) is 5.75 Å². The summed E-state index contributed by atoms with van der Waals surface area (Å²) in [5, 5.41) is 2.97. The third-order valence-electron chi connectivity index (χ3n) is 4.33. The van der Waals surface area contributed by atoms with E-state index in [0.717, 1.165) is 23.5 Å². The quantitative estimate of drug-likeness (QED) is 0.847. The lowest BCUT2D eigenvalue weighted by molar-refractivity contribution is -0.117. The van der Waals surface area contributed by atoms with E-state index in [1.165, 1.54) is 0 Å². The number of rotatable bonds is 4. The Hall–Kier alpha value is -2.69. The lowest BCUT2D eigenvalue weighted by Gasteiger charge is -2.39. The zero-order valence-corrected chi connectivity index (χ0v) is 14.0. The average Bonchev–Trinajstić information content (AvgIpc) is 2.60. The number of carbonyl (C=O) groups excluding carboxylic acids is 1. The SMILES string of the molecule is CCC1CN(C(C)C(=O)Nc2ccccc2)c2ccc(N)cc2O1. The number of fused-ring (bicyclic) bond motifs is 1. The average molecular weight is 325 g/mol. The van der Waals surface area contributed by atoms with Crippen molar-refractivity contribution in [2.75, 3.05) is 22.5 Å². The molecule has 3 rings (SSSR count). The van der Waals surface area contributed by atoms with Gasteiger partial charge in [-0.3, -0.25) is 4.79 Å². The molecule has 24 heavy (non-hydrogen) atoms. The molecule has 0 aromatic heterocycles. The maximum absolute atomic E-state index is 12.7. The highest BCUT2D eigenvalue weighted by Gasteiger charge is 2.31. The number of anilines is 3. The number of amides is 1. The fourth-order valence-corrected chi connectivity index (χ4v) is 2.89. The fraction of sp³-hybridized carbons (Fsp3) is 0.316. The second-order valence-corrected chi connectivity index (χ2v) is 6.06. The van der Waals surface area contributed by atoms with E-state index >= 15 is 0 Å². The van der Waals surface area contributed by atoms with Gasteiger partial charge in [0.15, 0.2) is 0 Å². The molecular formula is C19H23N3O2. The first-order valence-corrected chi connectivity index (χ1v) is 8.27. The molecule has 3 N–H and O–H groups in total. The van der Waals surface area contributed by atoms with Gasteiger partial charge in [-0.05, 0) is 37.6 Å². The van der Waals surface area contributed by atoms with Crippen LogP contribution in [0, 0.1) is 0 Å². The third kappa shape index (κ3) is 3.30. The van der Waals surface area contributed by atoms with E-state index in [9.17, 15) is 4.79 Å². The number of para-hydroxylation sites is 1. The van der Waals surface area contributed by atoms with Crippen LogP contribution in [0.5, 0.6) is 5.75 Å². The molecule has 0 fully saturated rings. The van der Waals surface area contributed by atoms with E-state index in [1.54, 1.807) is 0 Å². The molecular weight excluding hydrogens is 302 g/mol. The van der Waals surface area contributed by atoms with E-state index in [0.29, 0.717) is 12.2 Å². The second kappa shape index (κ2) is 6.83. The maximum Gasteiger partial charge on any atom is 0.246 e. The molecule has 0 saturated heterocycles. The van der Waals surface area contributed by atoms with Crippen molar-refractivity contribution in [3.05, 3.63) is 48.5 Å². The summed E-state index contributed by atoms with van der Waals surface area (Å²) in [6.07, 6.45) is 0.920. The van der Waals surface area contributed by atoms with Crippen molar-refractivity contribution in [2.24, 2.45) is 0 Å². The summed E-state index contributed by atoms with van der Waals surface area (Å²) in [7, 11) is 0.